The first kappa shape index (κ1) is 18.1. The maximum Gasteiger partial charge on any atom is 0.241 e. The topological polar surface area (TPSA) is 75.6 Å². The molecule has 2 N–H and O–H groups in total. The molecule has 5 nitrogen and oxygen atoms in total. The van der Waals surface area contributed by atoms with E-state index in [1.807, 2.05) is 6.07 Å². The van der Waals surface area contributed by atoms with Crippen molar-refractivity contribution in [3.63, 3.8) is 0 Å². The summed E-state index contributed by atoms with van der Waals surface area (Å²) in [5.74, 6) is 0. The van der Waals surface area contributed by atoms with Gasteiger partial charge in [-0.15, -0.1) is 0 Å². The second kappa shape index (κ2) is 7.55. The minimum atomic E-state index is -3.76. The highest BCUT2D eigenvalue weighted by atomic mass is 79.9. The number of ether oxygens (including phenoxy) is 1. The minimum Gasteiger partial charge on any atom is -0.381 e. The standard InChI is InChI=1S/C16H18BrNO4S/c1-22-12-16(19,13-7-3-2-4-8-13)11-18-23(20,21)15-10-6-5-9-14(15)17/h2-10,18-19H,11-12H2,1H3/t16-/m0/s1. The first-order valence-electron chi connectivity index (χ1n) is 6.90. The quantitative estimate of drug-likeness (QED) is 0.748. The Hall–Kier alpha value is -1.25. The van der Waals surface area contributed by atoms with Crippen molar-refractivity contribution in [3.05, 3.63) is 64.6 Å². The van der Waals surface area contributed by atoms with Gasteiger partial charge in [0.1, 0.15) is 5.60 Å². The highest BCUT2D eigenvalue weighted by Crippen LogP contribution is 2.24. The third-order valence-corrected chi connectivity index (χ3v) is 5.79. The first-order chi connectivity index (χ1) is 10.9. The predicted octanol–water partition coefficient (Wildman–Crippen LogP) is 2.26. The Kier molecular flexibility index (Phi) is 5.94. The van der Waals surface area contributed by atoms with Crippen LogP contribution < -0.4 is 4.72 Å². The van der Waals surface area contributed by atoms with Gasteiger partial charge in [0.25, 0.3) is 0 Å². The van der Waals surface area contributed by atoms with Crippen LogP contribution in [0.4, 0.5) is 0 Å². The molecule has 0 saturated heterocycles. The lowest BCUT2D eigenvalue weighted by Crippen LogP contribution is -2.43. The molecule has 1 atom stereocenters. The van der Waals surface area contributed by atoms with Crippen molar-refractivity contribution in [2.24, 2.45) is 0 Å². The number of methoxy groups -OCH3 is 1. The Morgan fingerprint density at radius 2 is 1.74 bits per heavy atom. The molecule has 2 rings (SSSR count). The van der Waals surface area contributed by atoms with E-state index in [2.05, 4.69) is 20.7 Å². The number of benzene rings is 2. The van der Waals surface area contributed by atoms with Crippen LogP contribution in [0.15, 0.2) is 64.0 Å². The van der Waals surface area contributed by atoms with E-state index < -0.39 is 15.6 Å². The molecule has 0 radical (unpaired) electrons. The van der Waals surface area contributed by atoms with Gasteiger partial charge in [-0.1, -0.05) is 42.5 Å². The van der Waals surface area contributed by atoms with Gasteiger partial charge in [0.05, 0.1) is 11.5 Å². The zero-order valence-corrected chi connectivity index (χ0v) is 15.0. The lowest BCUT2D eigenvalue weighted by molar-refractivity contribution is -0.0310. The molecule has 0 bridgehead atoms. The molecule has 124 valence electrons. The summed E-state index contributed by atoms with van der Waals surface area (Å²) in [4.78, 5) is 0.118. The molecule has 0 aliphatic rings. The number of halogens is 1. The number of nitrogens with one attached hydrogen (secondary N) is 1. The molecule has 0 unspecified atom stereocenters. The van der Waals surface area contributed by atoms with Gasteiger partial charge in [0.2, 0.25) is 10.0 Å². The van der Waals surface area contributed by atoms with Crippen LogP contribution in [0.2, 0.25) is 0 Å². The summed E-state index contributed by atoms with van der Waals surface area (Å²) in [6.45, 7) is -0.232. The Labute approximate surface area is 144 Å². The summed E-state index contributed by atoms with van der Waals surface area (Å²) >= 11 is 3.22. The van der Waals surface area contributed by atoms with Crippen LogP contribution in [0.25, 0.3) is 0 Å². The Morgan fingerprint density at radius 3 is 2.35 bits per heavy atom. The zero-order valence-electron chi connectivity index (χ0n) is 12.6. The van der Waals surface area contributed by atoms with E-state index in [1.165, 1.54) is 13.2 Å². The third kappa shape index (κ3) is 4.39. The SMILES string of the molecule is COC[C@@](O)(CNS(=O)(=O)c1ccccc1Br)c1ccccc1. The summed E-state index contributed by atoms with van der Waals surface area (Å²) in [5, 5.41) is 10.8. The van der Waals surface area contributed by atoms with Crippen LogP contribution in [-0.2, 0) is 20.4 Å². The van der Waals surface area contributed by atoms with Crippen LogP contribution in [-0.4, -0.2) is 33.8 Å². The molecular formula is C16H18BrNO4S. The molecule has 2 aromatic carbocycles. The maximum atomic E-state index is 12.4. The van der Waals surface area contributed by atoms with Crippen molar-refractivity contribution in [3.8, 4) is 0 Å². The lowest BCUT2D eigenvalue weighted by Gasteiger charge is -2.28. The average molecular weight is 400 g/mol. The van der Waals surface area contributed by atoms with Crippen LogP contribution in [0.3, 0.4) is 0 Å². The first-order valence-corrected chi connectivity index (χ1v) is 9.18. The molecular weight excluding hydrogens is 382 g/mol. The van der Waals surface area contributed by atoms with Crippen molar-refractivity contribution in [1.29, 1.82) is 0 Å². The molecule has 7 heteroatoms. The molecule has 0 aliphatic carbocycles. The molecule has 0 spiro atoms. The van der Waals surface area contributed by atoms with Gasteiger partial charge in [-0.2, -0.15) is 0 Å². The zero-order chi connectivity index (χ0) is 16.9. The molecule has 0 aliphatic heterocycles. The Morgan fingerprint density at radius 1 is 1.13 bits per heavy atom. The van der Waals surface area contributed by atoms with E-state index in [-0.39, 0.29) is 18.0 Å². The molecule has 23 heavy (non-hydrogen) atoms. The Balaban J connectivity index is 2.24. The number of sulfonamides is 1. The predicted molar refractivity (Wildman–Crippen MR) is 91.5 cm³/mol. The lowest BCUT2D eigenvalue weighted by atomic mass is 9.95. The van der Waals surface area contributed by atoms with Gasteiger partial charge >= 0.3 is 0 Å². The van der Waals surface area contributed by atoms with E-state index in [0.717, 1.165) is 0 Å². The summed E-state index contributed by atoms with van der Waals surface area (Å²) in [5.41, 5.74) is -0.874. The Bertz CT molecular complexity index is 752. The molecule has 0 aromatic heterocycles. The fourth-order valence-corrected chi connectivity index (χ4v) is 4.27. The third-order valence-electron chi connectivity index (χ3n) is 3.38. The fourth-order valence-electron chi connectivity index (χ4n) is 2.18. The average Bonchev–Trinajstić information content (AvgIpc) is 2.54. The minimum absolute atomic E-state index is 0.0322. The van der Waals surface area contributed by atoms with Crippen LogP contribution >= 0.6 is 15.9 Å². The highest BCUT2D eigenvalue weighted by Gasteiger charge is 2.31. The normalized spacial score (nSPS) is 14.4. The summed E-state index contributed by atoms with van der Waals surface area (Å²) in [6.07, 6.45) is 0. The van der Waals surface area contributed by atoms with Crippen molar-refractivity contribution >= 4 is 26.0 Å². The number of aliphatic hydroxyl groups is 1. The highest BCUT2D eigenvalue weighted by molar-refractivity contribution is 9.10. The largest absolute Gasteiger partial charge is 0.381 e. The summed E-state index contributed by atoms with van der Waals surface area (Å²) < 4.78 is 32.9. The van der Waals surface area contributed by atoms with Crippen molar-refractivity contribution in [2.45, 2.75) is 10.5 Å². The van der Waals surface area contributed by atoms with Gasteiger partial charge in [-0.25, -0.2) is 13.1 Å². The van der Waals surface area contributed by atoms with Gasteiger partial charge in [-0.3, -0.25) is 0 Å². The molecule has 0 amide bonds. The second-order valence-corrected chi connectivity index (χ2v) is 7.68. The van der Waals surface area contributed by atoms with Crippen molar-refractivity contribution in [2.75, 3.05) is 20.3 Å². The van der Waals surface area contributed by atoms with Crippen LogP contribution in [0.1, 0.15) is 5.56 Å². The van der Waals surface area contributed by atoms with Gasteiger partial charge in [0, 0.05) is 18.1 Å². The number of hydrogen-bond acceptors (Lipinski definition) is 4. The second-order valence-electron chi connectivity index (χ2n) is 5.09. The van der Waals surface area contributed by atoms with E-state index >= 15 is 0 Å². The van der Waals surface area contributed by atoms with E-state index in [1.54, 1.807) is 42.5 Å². The molecule has 2 aromatic rings. The van der Waals surface area contributed by atoms with E-state index in [0.29, 0.717) is 10.0 Å². The fraction of sp³-hybridized carbons (Fsp3) is 0.250. The van der Waals surface area contributed by atoms with E-state index in [4.69, 9.17) is 4.74 Å². The van der Waals surface area contributed by atoms with Gasteiger partial charge in [0.15, 0.2) is 0 Å². The van der Waals surface area contributed by atoms with Crippen molar-refractivity contribution < 1.29 is 18.3 Å². The monoisotopic (exact) mass is 399 g/mol. The molecule has 0 heterocycles. The van der Waals surface area contributed by atoms with Gasteiger partial charge < -0.3 is 9.84 Å². The number of rotatable bonds is 7. The van der Waals surface area contributed by atoms with E-state index in [9.17, 15) is 13.5 Å². The van der Waals surface area contributed by atoms with Crippen LogP contribution in [0, 0.1) is 0 Å². The van der Waals surface area contributed by atoms with Gasteiger partial charge in [-0.05, 0) is 33.6 Å². The van der Waals surface area contributed by atoms with Crippen molar-refractivity contribution in [1.82, 2.24) is 4.72 Å². The summed E-state index contributed by atoms with van der Waals surface area (Å²) in [7, 11) is -2.31. The van der Waals surface area contributed by atoms with Crippen LogP contribution in [0.5, 0.6) is 0 Å². The number of hydrogen-bond donors (Lipinski definition) is 2. The maximum absolute atomic E-state index is 12.4. The smallest absolute Gasteiger partial charge is 0.241 e. The molecule has 0 saturated carbocycles. The molecule has 0 fully saturated rings. The summed E-state index contributed by atoms with van der Waals surface area (Å²) in [6, 6.07) is 15.3.